The minimum Gasteiger partial charge on any atom is -0.342 e. The topological polar surface area (TPSA) is 45.2 Å². The fourth-order valence-electron chi connectivity index (χ4n) is 3.22. The number of carbonyl (C=O) groups is 1. The van der Waals surface area contributed by atoms with Gasteiger partial charge in [0.2, 0.25) is 5.91 Å². The first-order valence-electron chi connectivity index (χ1n) is 8.03. The molecule has 0 radical (unpaired) electrons. The van der Waals surface area contributed by atoms with Gasteiger partial charge in [-0.3, -0.25) is 9.78 Å². The van der Waals surface area contributed by atoms with E-state index in [2.05, 4.69) is 10.3 Å². The van der Waals surface area contributed by atoms with Gasteiger partial charge in [-0.1, -0.05) is 18.2 Å². The second-order valence-electron chi connectivity index (χ2n) is 6.03. The van der Waals surface area contributed by atoms with Crippen LogP contribution in [-0.2, 0) is 11.2 Å². The van der Waals surface area contributed by atoms with Gasteiger partial charge in [-0.2, -0.15) is 0 Å². The van der Waals surface area contributed by atoms with Crippen LogP contribution in [0.15, 0.2) is 36.7 Å². The molecule has 1 unspecified atom stereocenters. The molecule has 1 amide bonds. The summed E-state index contributed by atoms with van der Waals surface area (Å²) in [6.45, 7) is 2.07. The van der Waals surface area contributed by atoms with Crippen LogP contribution in [0.3, 0.4) is 0 Å². The van der Waals surface area contributed by atoms with E-state index in [9.17, 15) is 4.79 Å². The Balaban J connectivity index is 1.75. The highest BCUT2D eigenvalue weighted by molar-refractivity contribution is 5.89. The number of nitrogens with one attached hydrogen (secondary N) is 1. The van der Waals surface area contributed by atoms with Gasteiger partial charge in [0.1, 0.15) is 0 Å². The fraction of sp³-hybridized carbons (Fsp3) is 0.444. The average Bonchev–Trinajstić information content (AvgIpc) is 2.83. The molecule has 1 N–H and O–H groups in total. The summed E-state index contributed by atoms with van der Waals surface area (Å²) in [5.74, 6) is 0.205. The minimum absolute atomic E-state index is 0.205. The quantitative estimate of drug-likeness (QED) is 0.946. The molecule has 0 bridgehead atoms. The van der Waals surface area contributed by atoms with E-state index in [1.807, 2.05) is 42.4 Å². The number of aromatic nitrogens is 1. The van der Waals surface area contributed by atoms with E-state index in [4.69, 9.17) is 0 Å². The third-order valence-electron chi connectivity index (χ3n) is 4.60. The van der Waals surface area contributed by atoms with E-state index >= 15 is 0 Å². The first-order chi connectivity index (χ1) is 10.8. The van der Waals surface area contributed by atoms with Gasteiger partial charge in [-0.25, -0.2) is 0 Å². The Labute approximate surface area is 131 Å². The van der Waals surface area contributed by atoms with Gasteiger partial charge >= 0.3 is 0 Å². The number of rotatable bonds is 3. The lowest BCUT2D eigenvalue weighted by molar-refractivity contribution is -0.131. The first kappa shape index (κ1) is 15.0. The molecule has 1 atom stereocenters. The third-order valence-corrected chi connectivity index (χ3v) is 4.60. The van der Waals surface area contributed by atoms with E-state index in [1.54, 1.807) is 6.20 Å². The maximum absolute atomic E-state index is 12.7. The highest BCUT2D eigenvalue weighted by Gasteiger charge is 2.21. The molecule has 2 aromatic rings. The monoisotopic (exact) mass is 297 g/mol. The number of likely N-dealkylation sites (N-methyl/N-ethyl adjacent to an activating group) is 1. The van der Waals surface area contributed by atoms with Crippen molar-refractivity contribution in [2.75, 3.05) is 20.1 Å². The Hall–Kier alpha value is -1.94. The van der Waals surface area contributed by atoms with Crippen molar-refractivity contribution in [2.45, 2.75) is 31.7 Å². The van der Waals surface area contributed by atoms with E-state index in [1.165, 1.54) is 0 Å². The number of benzene rings is 1. The minimum atomic E-state index is 0.205. The number of amides is 1. The molecular weight excluding hydrogens is 274 g/mol. The van der Waals surface area contributed by atoms with Crippen molar-refractivity contribution in [1.29, 1.82) is 0 Å². The summed E-state index contributed by atoms with van der Waals surface area (Å²) in [5.41, 5.74) is 1.09. The Morgan fingerprint density at radius 2 is 2.23 bits per heavy atom. The van der Waals surface area contributed by atoms with Crippen molar-refractivity contribution >= 4 is 16.7 Å². The molecule has 0 aliphatic carbocycles. The van der Waals surface area contributed by atoms with Crippen LogP contribution in [0.1, 0.15) is 24.8 Å². The summed E-state index contributed by atoms with van der Waals surface area (Å²) in [4.78, 5) is 18.8. The van der Waals surface area contributed by atoms with Crippen LogP contribution < -0.4 is 5.32 Å². The Morgan fingerprint density at radius 3 is 3.14 bits per heavy atom. The smallest absolute Gasteiger partial charge is 0.227 e. The van der Waals surface area contributed by atoms with Gasteiger partial charge < -0.3 is 10.2 Å². The van der Waals surface area contributed by atoms with E-state index in [0.717, 1.165) is 48.7 Å². The predicted molar refractivity (Wildman–Crippen MR) is 88.7 cm³/mol. The lowest BCUT2D eigenvalue weighted by Crippen LogP contribution is -2.38. The third kappa shape index (κ3) is 3.28. The van der Waals surface area contributed by atoms with Crippen LogP contribution in [-0.4, -0.2) is 42.0 Å². The van der Waals surface area contributed by atoms with Gasteiger partial charge in [-0.05, 0) is 49.4 Å². The molecule has 1 aromatic heterocycles. The number of hydrogen-bond donors (Lipinski definition) is 1. The molecule has 116 valence electrons. The van der Waals surface area contributed by atoms with Crippen molar-refractivity contribution in [3.63, 3.8) is 0 Å². The van der Waals surface area contributed by atoms with Crippen molar-refractivity contribution in [2.24, 2.45) is 0 Å². The van der Waals surface area contributed by atoms with E-state index in [-0.39, 0.29) is 5.91 Å². The molecule has 4 nitrogen and oxygen atoms in total. The molecule has 22 heavy (non-hydrogen) atoms. The molecule has 3 rings (SSSR count). The van der Waals surface area contributed by atoms with Crippen LogP contribution >= 0.6 is 0 Å². The summed E-state index contributed by atoms with van der Waals surface area (Å²) >= 11 is 0. The summed E-state index contributed by atoms with van der Waals surface area (Å²) in [6.07, 6.45) is 7.38. The zero-order chi connectivity index (χ0) is 15.4. The molecule has 2 heterocycles. The van der Waals surface area contributed by atoms with Crippen molar-refractivity contribution in [3.05, 3.63) is 42.2 Å². The van der Waals surface area contributed by atoms with E-state index in [0.29, 0.717) is 12.5 Å². The highest BCUT2D eigenvalue weighted by atomic mass is 16.2. The first-order valence-corrected chi connectivity index (χ1v) is 8.03. The second-order valence-corrected chi connectivity index (χ2v) is 6.03. The second kappa shape index (κ2) is 6.88. The van der Waals surface area contributed by atoms with Crippen LogP contribution in [0.5, 0.6) is 0 Å². The molecule has 0 spiro atoms. The maximum Gasteiger partial charge on any atom is 0.227 e. The molecule has 0 saturated carbocycles. The lowest BCUT2D eigenvalue weighted by Gasteiger charge is -2.27. The van der Waals surface area contributed by atoms with Crippen LogP contribution in [0.2, 0.25) is 0 Å². The summed E-state index contributed by atoms with van der Waals surface area (Å²) in [5, 5.41) is 5.62. The van der Waals surface area contributed by atoms with Crippen molar-refractivity contribution in [3.8, 4) is 0 Å². The van der Waals surface area contributed by atoms with Gasteiger partial charge in [0.05, 0.1) is 6.42 Å². The number of nitrogens with zero attached hydrogens (tertiary/aromatic N) is 2. The molecule has 1 aliphatic rings. The summed E-state index contributed by atoms with van der Waals surface area (Å²) in [6, 6.07) is 8.44. The zero-order valence-corrected chi connectivity index (χ0v) is 13.1. The lowest BCUT2D eigenvalue weighted by atomic mass is 10.0. The number of fused-ring (bicyclic) bond motifs is 1. The molecule has 1 aromatic carbocycles. The molecule has 1 fully saturated rings. The molecule has 1 saturated heterocycles. The standard InChI is InChI=1S/C18H23N3O/c1-21(16-6-3-9-19-10-7-16)18(22)12-14-4-2-5-15-13-20-11-8-17(14)15/h2,4-5,8,11,13,16,19H,3,6-7,9-10,12H2,1H3. The molecule has 1 aliphatic heterocycles. The van der Waals surface area contributed by atoms with Crippen LogP contribution in [0.25, 0.3) is 10.8 Å². The van der Waals surface area contributed by atoms with E-state index < -0.39 is 0 Å². The SMILES string of the molecule is CN(C(=O)Cc1cccc2cnccc12)C1CCCNCC1. The van der Waals surface area contributed by atoms with Crippen molar-refractivity contribution < 1.29 is 4.79 Å². The maximum atomic E-state index is 12.7. The Bertz CT molecular complexity index is 642. The normalized spacial score (nSPS) is 18.9. The van der Waals surface area contributed by atoms with Crippen LogP contribution in [0.4, 0.5) is 0 Å². The van der Waals surface area contributed by atoms with Crippen molar-refractivity contribution in [1.82, 2.24) is 15.2 Å². The Kier molecular flexibility index (Phi) is 4.68. The van der Waals surface area contributed by atoms with Gasteiger partial charge in [0.25, 0.3) is 0 Å². The Morgan fingerprint density at radius 1 is 1.32 bits per heavy atom. The van der Waals surface area contributed by atoms with Gasteiger partial charge in [0.15, 0.2) is 0 Å². The summed E-state index contributed by atoms with van der Waals surface area (Å²) < 4.78 is 0. The molecule has 4 heteroatoms. The van der Waals surface area contributed by atoms with Gasteiger partial charge in [-0.15, -0.1) is 0 Å². The zero-order valence-electron chi connectivity index (χ0n) is 13.1. The number of hydrogen-bond acceptors (Lipinski definition) is 3. The highest BCUT2D eigenvalue weighted by Crippen LogP contribution is 2.20. The number of pyridine rings is 1. The average molecular weight is 297 g/mol. The predicted octanol–water partition coefficient (Wildman–Crippen LogP) is 2.38. The fourth-order valence-corrected chi connectivity index (χ4v) is 3.22. The summed E-state index contributed by atoms with van der Waals surface area (Å²) in [7, 11) is 1.95. The number of carbonyl (C=O) groups excluding carboxylic acids is 1. The molecular formula is C18H23N3O. The van der Waals surface area contributed by atoms with Gasteiger partial charge in [0, 0.05) is 30.9 Å². The van der Waals surface area contributed by atoms with Crippen LogP contribution in [0, 0.1) is 0 Å². The largest absolute Gasteiger partial charge is 0.342 e.